The SMILES string of the molecule is CC(=O)/C(N)=C/C(=N)CC1=CC=CC=CC1. The molecule has 3 N–H and O–H groups in total. The lowest BCUT2D eigenvalue weighted by molar-refractivity contribution is -0.113. The van der Waals surface area contributed by atoms with E-state index < -0.39 is 0 Å². The maximum absolute atomic E-state index is 10.9. The molecule has 1 aliphatic carbocycles. The van der Waals surface area contributed by atoms with Crippen molar-refractivity contribution < 1.29 is 4.79 Å². The smallest absolute Gasteiger partial charge is 0.175 e. The quantitative estimate of drug-likeness (QED) is 0.559. The predicted molar refractivity (Wildman–Crippen MR) is 66.3 cm³/mol. The van der Waals surface area contributed by atoms with Gasteiger partial charge < -0.3 is 11.1 Å². The molecular weight excluding hydrogens is 200 g/mol. The van der Waals surface area contributed by atoms with E-state index in [1.54, 1.807) is 0 Å². The lowest BCUT2D eigenvalue weighted by Gasteiger charge is -2.03. The maximum Gasteiger partial charge on any atom is 0.175 e. The van der Waals surface area contributed by atoms with Crippen LogP contribution in [-0.2, 0) is 4.79 Å². The van der Waals surface area contributed by atoms with Crippen LogP contribution in [0.3, 0.4) is 0 Å². The lowest BCUT2D eigenvalue weighted by atomic mass is 10.0. The van der Waals surface area contributed by atoms with Gasteiger partial charge in [-0.25, -0.2) is 0 Å². The van der Waals surface area contributed by atoms with Crippen LogP contribution in [0.2, 0.25) is 0 Å². The highest BCUT2D eigenvalue weighted by Gasteiger charge is 2.03. The first-order chi connectivity index (χ1) is 7.59. The van der Waals surface area contributed by atoms with Crippen molar-refractivity contribution in [1.82, 2.24) is 0 Å². The molecular formula is C13H16N2O. The van der Waals surface area contributed by atoms with Crippen molar-refractivity contribution in [3.05, 3.63) is 47.7 Å². The molecule has 1 aliphatic rings. The number of rotatable bonds is 4. The fraction of sp³-hybridized carbons (Fsp3) is 0.231. The van der Waals surface area contributed by atoms with Gasteiger partial charge in [0.05, 0.1) is 5.70 Å². The summed E-state index contributed by atoms with van der Waals surface area (Å²) in [5.41, 5.74) is 7.13. The topological polar surface area (TPSA) is 66.9 Å². The Kier molecular flexibility index (Phi) is 4.45. The lowest BCUT2D eigenvalue weighted by Crippen LogP contribution is -2.09. The van der Waals surface area contributed by atoms with Gasteiger partial charge in [0.15, 0.2) is 5.78 Å². The van der Waals surface area contributed by atoms with Crippen LogP contribution in [0.15, 0.2) is 47.7 Å². The van der Waals surface area contributed by atoms with Crippen LogP contribution in [0.1, 0.15) is 19.8 Å². The van der Waals surface area contributed by atoms with Crippen LogP contribution in [-0.4, -0.2) is 11.5 Å². The fourth-order valence-corrected chi connectivity index (χ4v) is 1.34. The van der Waals surface area contributed by atoms with E-state index in [0.717, 1.165) is 12.0 Å². The van der Waals surface area contributed by atoms with Crippen LogP contribution in [0, 0.1) is 5.41 Å². The number of nitrogens with two attached hydrogens (primary N) is 1. The predicted octanol–water partition coefficient (Wildman–Crippen LogP) is 2.27. The van der Waals surface area contributed by atoms with E-state index in [1.807, 2.05) is 30.4 Å². The maximum atomic E-state index is 10.9. The molecule has 0 saturated carbocycles. The normalized spacial score (nSPS) is 15.6. The molecule has 0 spiro atoms. The van der Waals surface area contributed by atoms with E-state index in [9.17, 15) is 4.79 Å². The van der Waals surface area contributed by atoms with Crippen molar-refractivity contribution >= 4 is 11.5 Å². The Hall–Kier alpha value is -1.90. The molecule has 16 heavy (non-hydrogen) atoms. The molecule has 84 valence electrons. The molecule has 0 aromatic heterocycles. The second-order valence-electron chi connectivity index (χ2n) is 3.70. The summed E-state index contributed by atoms with van der Waals surface area (Å²) in [6.45, 7) is 1.40. The molecule has 0 aromatic carbocycles. The highest BCUT2D eigenvalue weighted by atomic mass is 16.1. The summed E-state index contributed by atoms with van der Waals surface area (Å²) in [4.78, 5) is 10.9. The number of hydrogen-bond acceptors (Lipinski definition) is 3. The van der Waals surface area contributed by atoms with Crippen molar-refractivity contribution in [2.45, 2.75) is 19.8 Å². The Morgan fingerprint density at radius 2 is 2.25 bits per heavy atom. The number of nitrogens with one attached hydrogen (secondary N) is 1. The van der Waals surface area contributed by atoms with Crippen molar-refractivity contribution in [1.29, 1.82) is 5.41 Å². The Balaban J connectivity index is 2.61. The highest BCUT2D eigenvalue weighted by molar-refractivity contribution is 6.02. The van der Waals surface area contributed by atoms with Gasteiger partial charge in [0.2, 0.25) is 0 Å². The number of Topliss-reactive ketones (excluding diaryl/α,β-unsaturated/α-hetero) is 1. The van der Waals surface area contributed by atoms with Gasteiger partial charge in [0.25, 0.3) is 0 Å². The molecule has 0 heterocycles. The molecule has 0 bridgehead atoms. The monoisotopic (exact) mass is 216 g/mol. The van der Waals surface area contributed by atoms with Crippen molar-refractivity contribution in [3.8, 4) is 0 Å². The zero-order valence-electron chi connectivity index (χ0n) is 9.36. The van der Waals surface area contributed by atoms with Gasteiger partial charge in [0.1, 0.15) is 0 Å². The van der Waals surface area contributed by atoms with E-state index in [0.29, 0.717) is 12.1 Å². The fourth-order valence-electron chi connectivity index (χ4n) is 1.34. The average molecular weight is 216 g/mol. The summed E-state index contributed by atoms with van der Waals surface area (Å²) in [5.74, 6) is -0.195. The summed E-state index contributed by atoms with van der Waals surface area (Å²) in [5, 5.41) is 7.72. The van der Waals surface area contributed by atoms with E-state index in [-0.39, 0.29) is 11.5 Å². The third-order valence-corrected chi connectivity index (χ3v) is 2.22. The summed E-state index contributed by atoms with van der Waals surface area (Å²) in [6, 6.07) is 0. The average Bonchev–Trinajstić information content (AvgIpc) is 2.45. The number of allylic oxidation sites excluding steroid dienone is 8. The van der Waals surface area contributed by atoms with Crippen molar-refractivity contribution in [2.75, 3.05) is 0 Å². The minimum Gasteiger partial charge on any atom is -0.396 e. The van der Waals surface area contributed by atoms with Gasteiger partial charge in [-0.1, -0.05) is 36.0 Å². The van der Waals surface area contributed by atoms with Crippen molar-refractivity contribution in [2.24, 2.45) is 5.73 Å². The molecule has 1 rings (SSSR count). The Bertz CT molecular complexity index is 412. The molecule has 0 atom stereocenters. The Morgan fingerprint density at radius 3 is 2.94 bits per heavy atom. The molecule has 3 heteroatoms. The van der Waals surface area contributed by atoms with Gasteiger partial charge in [-0.05, 0) is 12.5 Å². The summed E-state index contributed by atoms with van der Waals surface area (Å²) >= 11 is 0. The second kappa shape index (κ2) is 5.85. The first-order valence-corrected chi connectivity index (χ1v) is 5.16. The molecule has 0 aromatic rings. The van der Waals surface area contributed by atoms with Gasteiger partial charge in [-0.2, -0.15) is 0 Å². The van der Waals surface area contributed by atoms with Crippen LogP contribution < -0.4 is 5.73 Å². The van der Waals surface area contributed by atoms with E-state index >= 15 is 0 Å². The third kappa shape index (κ3) is 4.09. The first kappa shape index (κ1) is 12.2. The first-order valence-electron chi connectivity index (χ1n) is 5.16. The third-order valence-electron chi connectivity index (χ3n) is 2.22. The van der Waals surface area contributed by atoms with Gasteiger partial charge in [0, 0.05) is 19.1 Å². The van der Waals surface area contributed by atoms with E-state index in [1.165, 1.54) is 13.0 Å². The van der Waals surface area contributed by atoms with Crippen LogP contribution in [0.5, 0.6) is 0 Å². The van der Waals surface area contributed by atoms with Crippen LogP contribution in [0.25, 0.3) is 0 Å². The molecule has 0 fully saturated rings. The molecule has 0 amide bonds. The number of carbonyl (C=O) groups is 1. The molecule has 3 nitrogen and oxygen atoms in total. The number of ketones is 1. The second-order valence-corrected chi connectivity index (χ2v) is 3.70. The van der Waals surface area contributed by atoms with Gasteiger partial charge in [-0.3, -0.25) is 4.79 Å². The Labute approximate surface area is 95.5 Å². The van der Waals surface area contributed by atoms with Crippen molar-refractivity contribution in [3.63, 3.8) is 0 Å². The highest BCUT2D eigenvalue weighted by Crippen LogP contribution is 2.12. The molecule has 0 saturated heterocycles. The molecule has 0 aliphatic heterocycles. The molecule has 0 radical (unpaired) electrons. The summed E-state index contributed by atoms with van der Waals surface area (Å²) in [6.07, 6.45) is 12.7. The number of hydrogen-bond donors (Lipinski definition) is 2. The zero-order valence-corrected chi connectivity index (χ0v) is 9.36. The number of carbonyl (C=O) groups excluding carboxylic acids is 1. The molecule has 0 unspecified atom stereocenters. The summed E-state index contributed by atoms with van der Waals surface area (Å²) < 4.78 is 0. The van der Waals surface area contributed by atoms with Gasteiger partial charge in [-0.15, -0.1) is 0 Å². The van der Waals surface area contributed by atoms with Crippen LogP contribution >= 0.6 is 0 Å². The minimum atomic E-state index is -0.195. The minimum absolute atomic E-state index is 0.144. The van der Waals surface area contributed by atoms with E-state index in [4.69, 9.17) is 11.1 Å². The van der Waals surface area contributed by atoms with E-state index in [2.05, 4.69) is 0 Å². The Morgan fingerprint density at radius 1 is 1.50 bits per heavy atom. The standard InChI is InChI=1S/C13H16N2O/c1-10(16)13(15)9-12(14)8-11-6-4-2-3-5-7-11/h2-6,9,14H,7-8,15H2,1H3/b13-9-,14-12?. The largest absolute Gasteiger partial charge is 0.396 e. The zero-order chi connectivity index (χ0) is 12.0. The summed E-state index contributed by atoms with van der Waals surface area (Å²) in [7, 11) is 0. The van der Waals surface area contributed by atoms with Crippen LogP contribution in [0.4, 0.5) is 0 Å². The van der Waals surface area contributed by atoms with Gasteiger partial charge >= 0.3 is 0 Å².